The number of carbonyl (C=O) groups excluding carboxylic acids is 10. The van der Waals surface area contributed by atoms with Gasteiger partial charge in [-0.25, -0.2) is 0 Å². The Morgan fingerprint density at radius 2 is 0.773 bits per heavy atom. The molecule has 6 rings (SSSR count). The predicted octanol–water partition coefficient (Wildman–Crippen LogP) is 2.68. The normalized spacial score (nSPS) is 15.0. The monoisotopic (exact) mass is 1730 g/mol. The van der Waals surface area contributed by atoms with Crippen molar-refractivity contribution in [3.63, 3.8) is 0 Å². The van der Waals surface area contributed by atoms with Gasteiger partial charge >= 0.3 is 0 Å². The van der Waals surface area contributed by atoms with E-state index in [1.807, 2.05) is 0 Å². The van der Waals surface area contributed by atoms with Crippen molar-refractivity contribution in [2.75, 3.05) is 110 Å². The number of carbonyl (C=O) groups is 10. The summed E-state index contributed by atoms with van der Waals surface area (Å²) < 4.78 is 32.6. The highest BCUT2D eigenvalue weighted by Crippen LogP contribution is 2.34. The van der Waals surface area contributed by atoms with Crippen molar-refractivity contribution in [1.82, 2.24) is 20.4 Å². The molecule has 2 aromatic rings. The quantitative estimate of drug-likeness (QED) is 0.0484. The number of fused-ring (bicyclic) bond motifs is 2. The van der Waals surface area contributed by atoms with E-state index in [0.717, 1.165) is 48.5 Å². The van der Waals surface area contributed by atoms with Gasteiger partial charge in [-0.3, -0.25) is 68.4 Å². The van der Waals surface area contributed by atoms with E-state index in [9.17, 15) is 47.9 Å². The second-order valence-electron chi connectivity index (χ2n) is 19.5. The van der Waals surface area contributed by atoms with Gasteiger partial charge in [0.2, 0.25) is 23.6 Å². The molecule has 8 amide bonds. The zero-order chi connectivity index (χ0) is 70.1. The number of Topliss-reactive ketones (excluding diaryl/α,β-unsaturated/α-hetero) is 2. The van der Waals surface area contributed by atoms with Crippen LogP contribution in [0, 0.1) is 0 Å². The maximum atomic E-state index is 13.1. The first kappa shape index (κ1) is 87.7. The van der Waals surface area contributed by atoms with E-state index in [0.29, 0.717) is 116 Å². The molecule has 2 saturated heterocycles. The lowest BCUT2D eigenvalue weighted by molar-refractivity contribution is -0.137. The van der Waals surface area contributed by atoms with Crippen LogP contribution >= 0.6 is 0 Å². The van der Waals surface area contributed by atoms with Crippen LogP contribution in [0.2, 0.25) is 0 Å². The second-order valence-corrected chi connectivity index (χ2v) is 53.1. The highest BCUT2D eigenvalue weighted by Gasteiger charge is 2.47. The number of ketones is 2. The fourth-order valence-corrected chi connectivity index (χ4v) is 55.3. The van der Waals surface area contributed by atoms with Gasteiger partial charge in [0, 0.05) is 255 Å². The van der Waals surface area contributed by atoms with Crippen LogP contribution in [0.4, 0.5) is 11.4 Å². The molecule has 542 valence electrons. The minimum absolute atomic E-state index is 0.00160. The molecule has 6 N–H and O–H groups in total. The van der Waals surface area contributed by atoms with Gasteiger partial charge in [-0.05, 0) is 82.2 Å². The Morgan fingerprint density at radius 1 is 0.454 bits per heavy atom. The third kappa shape index (κ3) is 35.5. The first-order chi connectivity index (χ1) is 47.3. The first-order valence-electron chi connectivity index (χ1n) is 29.6. The molecule has 0 bridgehead atoms. The summed E-state index contributed by atoms with van der Waals surface area (Å²) in [5.41, 5.74) is 6.71. The molecule has 2 fully saturated rings. The molecule has 97 heavy (non-hydrogen) atoms. The number of hydrogen-bond acceptors (Lipinski definition) is 21. The SMILES string of the molecule is CCCCOCCOCCOCCCCC(=O)CNc1cccc2c1C(=O)N(C1CCC(=O)NC1=O)C2=O.NCCCOCCOCCOCCCCC(=O)CNc1cccc2c1C(=O)N(C1CCC(=O)NC1=O)C2=O.S=S=S=S=S=S=S=S=S=S=S=S=S=S=S=S=S=S=S=S=S. The molecule has 4 heterocycles. The third-order valence-corrected chi connectivity index (χ3v) is 53.0. The number of rotatable bonds is 36. The van der Waals surface area contributed by atoms with Crippen LogP contribution in [0.15, 0.2) is 36.4 Å². The number of benzene rings is 2. The molecule has 23 nitrogen and oxygen atoms in total. The summed E-state index contributed by atoms with van der Waals surface area (Å²) in [5.74, 6) is -4.66. The van der Waals surface area contributed by atoms with Gasteiger partial charge in [0.15, 0.2) is 11.6 Å². The van der Waals surface area contributed by atoms with Crippen molar-refractivity contribution in [3.05, 3.63) is 58.7 Å². The molecule has 0 aromatic heterocycles. The van der Waals surface area contributed by atoms with Gasteiger partial charge < -0.3 is 44.8 Å². The summed E-state index contributed by atoms with van der Waals surface area (Å²) in [4.78, 5) is 126. The lowest BCUT2D eigenvalue weighted by Crippen LogP contribution is -2.54. The topological polar surface area (TPSA) is 307 Å². The number of amides is 8. The van der Waals surface area contributed by atoms with Gasteiger partial charge in [-0.15, -0.1) is 0 Å². The van der Waals surface area contributed by atoms with Crippen LogP contribution in [-0.4, -0.2) is 180 Å². The number of anilines is 2. The molecule has 2 unspecified atom stereocenters. The van der Waals surface area contributed by atoms with E-state index >= 15 is 0 Å². The molecule has 0 radical (unpaired) electrons. The Labute approximate surface area is 627 Å². The number of unbranched alkanes of at least 4 members (excludes halogenated alkanes) is 3. The summed E-state index contributed by atoms with van der Waals surface area (Å²) in [6, 6.07) is 7.42. The van der Waals surface area contributed by atoms with Crippen molar-refractivity contribution in [2.45, 2.75) is 102 Å². The predicted molar refractivity (Wildman–Crippen MR) is 429 cm³/mol. The highest BCUT2D eigenvalue weighted by molar-refractivity contribution is 8.78. The molecule has 4 aliphatic heterocycles. The van der Waals surface area contributed by atoms with E-state index in [1.54, 1.807) is 175 Å². The highest BCUT2D eigenvalue weighted by atomic mass is 33.5. The van der Waals surface area contributed by atoms with E-state index in [-0.39, 0.29) is 72.6 Å². The zero-order valence-corrected chi connectivity index (χ0v) is 69.1. The maximum absolute atomic E-state index is 13.1. The molecule has 4 aliphatic rings. The van der Waals surface area contributed by atoms with Gasteiger partial charge in [0.1, 0.15) is 12.1 Å². The first-order valence-corrected chi connectivity index (χ1v) is 56.2. The second kappa shape index (κ2) is 55.8. The van der Waals surface area contributed by atoms with Crippen molar-refractivity contribution in [3.8, 4) is 0 Å². The summed E-state index contributed by atoms with van der Waals surface area (Å²) in [7, 11) is 32.6. The van der Waals surface area contributed by atoms with Crippen molar-refractivity contribution in [1.29, 1.82) is 0 Å². The van der Waals surface area contributed by atoms with E-state index in [2.05, 4.69) is 28.2 Å². The molecule has 2 atom stereocenters. The van der Waals surface area contributed by atoms with Gasteiger partial charge in [-0.2, -0.15) is 0 Å². The van der Waals surface area contributed by atoms with Crippen molar-refractivity contribution >= 4 is 261 Å². The van der Waals surface area contributed by atoms with Gasteiger partial charge in [0.05, 0.1) is 88.2 Å². The van der Waals surface area contributed by atoms with Crippen LogP contribution in [0.25, 0.3) is 0 Å². The molecule has 0 aliphatic carbocycles. The Hall–Kier alpha value is -1.72. The van der Waals surface area contributed by atoms with Crippen LogP contribution in [-0.2, 0) is 248 Å². The zero-order valence-electron chi connectivity index (χ0n) is 52.0. The number of piperidine rings is 2. The Kier molecular flexibility index (Phi) is 50.4. The summed E-state index contributed by atoms with van der Waals surface area (Å²) in [6.45, 7) is 9.32. The fraction of sp³-hybridized carbons (Fsp3) is 0.585. The Bertz CT molecular complexity index is 3770. The lowest BCUT2D eigenvalue weighted by atomic mass is 10.0. The average molecular weight is 1740 g/mol. The van der Waals surface area contributed by atoms with E-state index in [1.165, 1.54) is 29.9 Å². The number of hydrogen-bond donors (Lipinski definition) is 5. The minimum atomic E-state index is -1.04. The molecular weight excluding hydrogens is 1660 g/mol. The fourth-order valence-electron chi connectivity index (χ4n) is 8.65. The minimum Gasteiger partial charge on any atom is -0.379 e. The van der Waals surface area contributed by atoms with Gasteiger partial charge in [-0.1, -0.05) is 25.5 Å². The number of nitrogens with zero attached hydrogens (tertiary/aromatic N) is 2. The summed E-state index contributed by atoms with van der Waals surface area (Å²) >= 11 is 9.52. The maximum Gasteiger partial charge on any atom is 0.264 e. The van der Waals surface area contributed by atoms with E-state index in [4.69, 9.17) is 56.5 Å². The molecular formula is C53H73N7O16S21. The number of ether oxygens (including phenoxy) is 6. The smallest absolute Gasteiger partial charge is 0.264 e. The molecule has 0 spiro atoms. The Balaban J connectivity index is 0.000000324. The van der Waals surface area contributed by atoms with Crippen LogP contribution < -0.4 is 27.0 Å². The number of nitrogens with two attached hydrogens (primary N) is 1. The van der Waals surface area contributed by atoms with Crippen LogP contribution in [0.5, 0.6) is 0 Å². The number of nitrogens with one attached hydrogen (secondary N) is 4. The summed E-state index contributed by atoms with van der Waals surface area (Å²) in [6.07, 6.45) is 6.76. The van der Waals surface area contributed by atoms with Gasteiger partial charge in [0.25, 0.3) is 23.6 Å². The standard InChI is InChI=1S/C27H37N3O8.C26H36N4O8.S21/c1-2-3-12-36-14-16-38-17-15-37-13-5-4-7-19(31)18-28-21-9-6-8-20-24(21)27(35)30(26(20)34)22-10-11-23(32)29-25(22)33;27-10-4-12-37-14-16-38-15-13-36-11-2-1-5-18(31)17-28-20-7-3-6-19-23(20)26(35)30(25(19)34)21-8-9-22(32)29-24(21)33;1-3-5-7-9-11-13-15-17-19-21-20-18-16-14-12-10-8-6-4-2/h6,8-9,22,28H,2-5,7,10-18H2,1H3,(H,29,32,33);3,6-7,21,28H,1-2,4-5,8-17,27H2,(H,29,32,33);. The summed E-state index contributed by atoms with van der Waals surface area (Å²) in [5, 5.41) is 10.3. The number of imide groups is 4. The average Bonchev–Trinajstić information content (AvgIpc) is 1.62. The van der Waals surface area contributed by atoms with Crippen LogP contribution in [0.3, 0.4) is 0 Å². The Morgan fingerprint density at radius 3 is 1.09 bits per heavy atom. The lowest BCUT2D eigenvalue weighted by Gasteiger charge is -2.27. The molecule has 0 saturated carbocycles. The van der Waals surface area contributed by atoms with E-state index < -0.39 is 59.3 Å². The van der Waals surface area contributed by atoms with Crippen molar-refractivity contribution < 1.29 is 76.4 Å². The van der Waals surface area contributed by atoms with Crippen LogP contribution in [0.1, 0.15) is 132 Å². The largest absolute Gasteiger partial charge is 0.379 e. The molecule has 44 heteroatoms. The molecule has 2 aromatic carbocycles. The van der Waals surface area contributed by atoms with Crippen molar-refractivity contribution in [2.24, 2.45) is 5.73 Å². The third-order valence-electron chi connectivity index (χ3n) is 13.0.